The van der Waals surface area contributed by atoms with Crippen LogP contribution in [0.3, 0.4) is 0 Å². The number of amides is 1. The van der Waals surface area contributed by atoms with Gasteiger partial charge in [-0.2, -0.15) is 5.10 Å². The number of phenols is 1. The van der Waals surface area contributed by atoms with Gasteiger partial charge in [0.15, 0.2) is 0 Å². The van der Waals surface area contributed by atoms with Crippen LogP contribution in [0.15, 0.2) is 53.6 Å². The highest BCUT2D eigenvalue weighted by molar-refractivity contribution is 6.03. The first-order valence-electron chi connectivity index (χ1n) is 9.77. The highest BCUT2D eigenvalue weighted by Crippen LogP contribution is 2.37. The predicted octanol–water partition coefficient (Wildman–Crippen LogP) is 2.41. The van der Waals surface area contributed by atoms with E-state index in [1.807, 2.05) is 36.4 Å². The first-order valence-corrected chi connectivity index (χ1v) is 9.77. The van der Waals surface area contributed by atoms with Crippen molar-refractivity contribution in [3.05, 3.63) is 59.7 Å². The van der Waals surface area contributed by atoms with Gasteiger partial charge in [-0.15, -0.1) is 0 Å². The van der Waals surface area contributed by atoms with E-state index in [1.165, 1.54) is 5.01 Å². The van der Waals surface area contributed by atoms with E-state index in [0.29, 0.717) is 25.2 Å². The Labute approximate surface area is 170 Å². The second kappa shape index (κ2) is 8.63. The van der Waals surface area contributed by atoms with Crippen molar-refractivity contribution in [1.82, 2.24) is 9.91 Å². The minimum Gasteiger partial charge on any atom is -0.508 e. The molecule has 2 heterocycles. The molecule has 2 aromatic rings. The molecule has 0 spiro atoms. The number of para-hydroxylation sites is 1. The van der Waals surface area contributed by atoms with Crippen LogP contribution in [-0.2, 0) is 9.53 Å². The molecule has 2 aliphatic heterocycles. The van der Waals surface area contributed by atoms with Crippen molar-refractivity contribution in [2.45, 2.75) is 12.5 Å². The number of hydrogen-bond donors (Lipinski definition) is 1. The number of rotatable bonds is 5. The van der Waals surface area contributed by atoms with Crippen LogP contribution in [0.5, 0.6) is 11.5 Å². The number of aromatic hydroxyl groups is 1. The van der Waals surface area contributed by atoms with Crippen molar-refractivity contribution in [3.8, 4) is 11.5 Å². The lowest BCUT2D eigenvalue weighted by Crippen LogP contribution is -2.43. The zero-order valence-corrected chi connectivity index (χ0v) is 16.5. The number of methoxy groups -OCH3 is 1. The van der Waals surface area contributed by atoms with Crippen LogP contribution in [-0.4, -0.2) is 66.6 Å². The molecule has 1 unspecified atom stereocenters. The van der Waals surface area contributed by atoms with Gasteiger partial charge in [0, 0.05) is 25.1 Å². The van der Waals surface area contributed by atoms with Crippen LogP contribution in [0.25, 0.3) is 0 Å². The highest BCUT2D eigenvalue weighted by atomic mass is 16.5. The van der Waals surface area contributed by atoms with E-state index in [1.54, 1.807) is 19.2 Å². The molecular formula is C22H25N3O4. The molecule has 0 radical (unpaired) electrons. The van der Waals surface area contributed by atoms with E-state index in [9.17, 15) is 9.90 Å². The third-order valence-corrected chi connectivity index (χ3v) is 5.35. The summed E-state index contributed by atoms with van der Waals surface area (Å²) in [6, 6.07) is 14.4. The molecule has 0 saturated carbocycles. The Bertz CT molecular complexity index is 891. The summed E-state index contributed by atoms with van der Waals surface area (Å²) in [6.45, 7) is 3.02. The van der Waals surface area contributed by atoms with E-state index < -0.39 is 0 Å². The van der Waals surface area contributed by atoms with E-state index in [-0.39, 0.29) is 24.2 Å². The van der Waals surface area contributed by atoms with Crippen molar-refractivity contribution < 1.29 is 19.4 Å². The topological polar surface area (TPSA) is 74.6 Å². The van der Waals surface area contributed by atoms with Gasteiger partial charge in [-0.1, -0.05) is 18.2 Å². The summed E-state index contributed by atoms with van der Waals surface area (Å²) in [5.74, 6) is 0.862. The fourth-order valence-corrected chi connectivity index (χ4v) is 3.73. The van der Waals surface area contributed by atoms with Gasteiger partial charge in [0.25, 0.3) is 5.91 Å². The van der Waals surface area contributed by atoms with E-state index in [4.69, 9.17) is 9.47 Å². The average Bonchev–Trinajstić information content (AvgIpc) is 3.20. The summed E-state index contributed by atoms with van der Waals surface area (Å²) in [5, 5.41) is 16.6. The van der Waals surface area contributed by atoms with Crippen LogP contribution in [0, 0.1) is 0 Å². The average molecular weight is 395 g/mol. The maximum absolute atomic E-state index is 13.1. The Morgan fingerprint density at radius 2 is 1.90 bits per heavy atom. The van der Waals surface area contributed by atoms with Crippen LogP contribution in [0.2, 0.25) is 0 Å². The number of ether oxygens (including phenoxy) is 2. The lowest BCUT2D eigenvalue weighted by atomic mass is 9.97. The summed E-state index contributed by atoms with van der Waals surface area (Å²) in [4.78, 5) is 15.2. The molecule has 1 fully saturated rings. The molecule has 0 bridgehead atoms. The summed E-state index contributed by atoms with van der Waals surface area (Å²) in [5.41, 5.74) is 2.46. The predicted molar refractivity (Wildman–Crippen MR) is 109 cm³/mol. The van der Waals surface area contributed by atoms with Crippen molar-refractivity contribution in [1.29, 1.82) is 0 Å². The van der Waals surface area contributed by atoms with Crippen molar-refractivity contribution >= 4 is 11.6 Å². The fraction of sp³-hybridized carbons (Fsp3) is 0.364. The molecule has 1 amide bonds. The summed E-state index contributed by atoms with van der Waals surface area (Å²) >= 11 is 0. The number of carbonyl (C=O) groups excluding carboxylic acids is 1. The molecule has 1 saturated heterocycles. The number of nitrogens with zero attached hydrogens (tertiary/aromatic N) is 3. The molecule has 152 valence electrons. The molecule has 2 aliphatic rings. The maximum atomic E-state index is 13.1. The summed E-state index contributed by atoms with van der Waals surface area (Å²) < 4.78 is 10.6. The Kier molecular flexibility index (Phi) is 5.78. The SMILES string of the molecule is COc1ccc(C2=NN(C(=O)CN3CCOCC3)C(c3ccccc3O)C2)cc1. The third kappa shape index (κ3) is 4.26. The van der Waals surface area contributed by atoms with Gasteiger partial charge in [-0.3, -0.25) is 9.69 Å². The van der Waals surface area contributed by atoms with Crippen molar-refractivity contribution in [2.24, 2.45) is 5.10 Å². The van der Waals surface area contributed by atoms with Crippen molar-refractivity contribution in [3.63, 3.8) is 0 Å². The van der Waals surface area contributed by atoms with Crippen molar-refractivity contribution in [2.75, 3.05) is 40.0 Å². The highest BCUT2D eigenvalue weighted by Gasteiger charge is 2.35. The first kappa shape index (κ1) is 19.4. The van der Waals surface area contributed by atoms with Gasteiger partial charge in [0.2, 0.25) is 0 Å². The minimum absolute atomic E-state index is 0.0799. The van der Waals surface area contributed by atoms with E-state index in [2.05, 4.69) is 10.0 Å². The molecule has 0 aromatic heterocycles. The third-order valence-electron chi connectivity index (χ3n) is 5.35. The number of hydrazone groups is 1. The lowest BCUT2D eigenvalue weighted by molar-refractivity contribution is -0.135. The molecule has 1 atom stereocenters. The van der Waals surface area contributed by atoms with Gasteiger partial charge >= 0.3 is 0 Å². The number of phenolic OH excluding ortho intramolecular Hbond substituents is 1. The molecule has 0 aliphatic carbocycles. The van der Waals surface area contributed by atoms with Crippen LogP contribution in [0.4, 0.5) is 0 Å². The van der Waals surface area contributed by atoms with Crippen LogP contribution in [0.1, 0.15) is 23.6 Å². The van der Waals surface area contributed by atoms with E-state index in [0.717, 1.165) is 30.1 Å². The first-order chi connectivity index (χ1) is 14.2. The molecule has 29 heavy (non-hydrogen) atoms. The molecule has 2 aromatic carbocycles. The summed E-state index contributed by atoms with van der Waals surface area (Å²) in [6.07, 6.45) is 0.540. The Hall–Kier alpha value is -2.90. The largest absolute Gasteiger partial charge is 0.508 e. The minimum atomic E-state index is -0.332. The quantitative estimate of drug-likeness (QED) is 0.842. The molecular weight excluding hydrogens is 370 g/mol. The zero-order valence-electron chi connectivity index (χ0n) is 16.5. The van der Waals surface area contributed by atoms with E-state index >= 15 is 0 Å². The Morgan fingerprint density at radius 3 is 2.59 bits per heavy atom. The monoisotopic (exact) mass is 395 g/mol. The molecule has 7 nitrogen and oxygen atoms in total. The lowest BCUT2D eigenvalue weighted by Gasteiger charge is -2.29. The zero-order chi connectivity index (χ0) is 20.2. The van der Waals surface area contributed by atoms with Crippen LogP contribution < -0.4 is 4.74 Å². The molecule has 1 N–H and O–H groups in total. The maximum Gasteiger partial charge on any atom is 0.257 e. The summed E-state index contributed by atoms with van der Waals surface area (Å²) in [7, 11) is 1.63. The Morgan fingerprint density at radius 1 is 1.17 bits per heavy atom. The van der Waals surface area contributed by atoms with Gasteiger partial charge < -0.3 is 14.6 Å². The normalized spacial score (nSPS) is 19.8. The number of carbonyl (C=O) groups is 1. The van der Waals surface area contributed by atoms with Crippen LogP contribution >= 0.6 is 0 Å². The van der Waals surface area contributed by atoms with Gasteiger partial charge in [0.05, 0.1) is 38.6 Å². The second-order valence-electron chi connectivity index (χ2n) is 7.18. The van der Waals surface area contributed by atoms with Gasteiger partial charge in [0.1, 0.15) is 11.5 Å². The molecule has 4 rings (SSSR count). The second-order valence-corrected chi connectivity index (χ2v) is 7.18. The molecule has 7 heteroatoms. The Balaban J connectivity index is 1.61. The number of benzene rings is 2. The van der Waals surface area contributed by atoms with Gasteiger partial charge in [-0.25, -0.2) is 5.01 Å². The number of hydrogen-bond acceptors (Lipinski definition) is 6. The smallest absolute Gasteiger partial charge is 0.257 e. The fourth-order valence-electron chi connectivity index (χ4n) is 3.73. The standard InChI is InChI=1S/C22H25N3O4/c1-28-17-8-6-16(7-9-17)19-14-20(18-4-2-3-5-21(18)26)25(23-19)22(27)15-24-10-12-29-13-11-24/h2-9,20,26H,10-15H2,1H3. The van der Waals surface area contributed by atoms with Gasteiger partial charge in [-0.05, 0) is 35.9 Å². The number of morpholine rings is 1.